The van der Waals surface area contributed by atoms with Crippen molar-refractivity contribution in [1.82, 2.24) is 20.2 Å². The molecule has 28 heavy (non-hydrogen) atoms. The van der Waals surface area contributed by atoms with Gasteiger partial charge in [-0.2, -0.15) is 15.1 Å². The van der Waals surface area contributed by atoms with E-state index in [1.54, 1.807) is 7.11 Å². The number of morpholine rings is 1. The van der Waals surface area contributed by atoms with E-state index in [-0.39, 0.29) is 6.10 Å². The summed E-state index contributed by atoms with van der Waals surface area (Å²) in [6.07, 6.45) is 0.0959. The SMILES string of the molecule is COc1nc(-c2n[nH]c3cc(C)c(OC(C)C)cc23)cc(N2CCOCC2)n1. The molecule has 1 aliphatic heterocycles. The highest BCUT2D eigenvalue weighted by Crippen LogP contribution is 2.33. The summed E-state index contributed by atoms with van der Waals surface area (Å²) in [6.45, 7) is 9.00. The number of aromatic nitrogens is 4. The van der Waals surface area contributed by atoms with Crippen LogP contribution < -0.4 is 14.4 Å². The highest BCUT2D eigenvalue weighted by molar-refractivity contribution is 5.93. The van der Waals surface area contributed by atoms with Crippen molar-refractivity contribution < 1.29 is 14.2 Å². The number of aryl methyl sites for hydroxylation is 1. The molecule has 1 aliphatic rings. The largest absolute Gasteiger partial charge is 0.491 e. The molecule has 2 aromatic heterocycles. The van der Waals surface area contributed by atoms with Gasteiger partial charge in [-0.1, -0.05) is 0 Å². The van der Waals surface area contributed by atoms with E-state index in [9.17, 15) is 0 Å². The second kappa shape index (κ2) is 7.63. The Labute approximate surface area is 163 Å². The minimum Gasteiger partial charge on any atom is -0.491 e. The van der Waals surface area contributed by atoms with Gasteiger partial charge in [-0.25, -0.2) is 0 Å². The lowest BCUT2D eigenvalue weighted by molar-refractivity contribution is 0.122. The smallest absolute Gasteiger partial charge is 0.318 e. The molecule has 3 heterocycles. The Hall–Kier alpha value is -2.87. The van der Waals surface area contributed by atoms with E-state index >= 15 is 0 Å². The van der Waals surface area contributed by atoms with Gasteiger partial charge in [0.2, 0.25) is 0 Å². The van der Waals surface area contributed by atoms with Crippen molar-refractivity contribution in [3.8, 4) is 23.1 Å². The highest BCUT2D eigenvalue weighted by atomic mass is 16.5. The first-order valence-corrected chi connectivity index (χ1v) is 9.46. The molecular formula is C20H25N5O3. The van der Waals surface area contributed by atoms with Gasteiger partial charge in [-0.15, -0.1) is 0 Å². The average molecular weight is 383 g/mol. The van der Waals surface area contributed by atoms with Gasteiger partial charge >= 0.3 is 6.01 Å². The maximum absolute atomic E-state index is 5.96. The maximum Gasteiger partial charge on any atom is 0.318 e. The molecule has 4 rings (SSSR count). The summed E-state index contributed by atoms with van der Waals surface area (Å²) in [6, 6.07) is 6.34. The summed E-state index contributed by atoms with van der Waals surface area (Å²) in [5.41, 5.74) is 3.46. The lowest BCUT2D eigenvalue weighted by Gasteiger charge is -2.28. The molecule has 0 bridgehead atoms. The summed E-state index contributed by atoms with van der Waals surface area (Å²) in [5, 5.41) is 8.58. The minimum absolute atomic E-state index is 0.0959. The molecule has 0 saturated carbocycles. The topological polar surface area (TPSA) is 85.4 Å². The number of aromatic amines is 1. The number of ether oxygens (including phenoxy) is 3. The lowest BCUT2D eigenvalue weighted by atomic mass is 10.1. The lowest BCUT2D eigenvalue weighted by Crippen LogP contribution is -2.36. The van der Waals surface area contributed by atoms with Crippen molar-refractivity contribution in [2.24, 2.45) is 0 Å². The molecule has 0 unspecified atom stereocenters. The van der Waals surface area contributed by atoms with E-state index in [0.717, 1.165) is 46.8 Å². The third-order valence-electron chi connectivity index (χ3n) is 4.67. The second-order valence-electron chi connectivity index (χ2n) is 7.10. The number of anilines is 1. The van der Waals surface area contributed by atoms with Crippen LogP contribution in [0.5, 0.6) is 11.8 Å². The molecule has 0 amide bonds. The first-order chi connectivity index (χ1) is 13.5. The fourth-order valence-electron chi connectivity index (χ4n) is 3.31. The van der Waals surface area contributed by atoms with Gasteiger partial charge in [0.05, 0.1) is 31.9 Å². The molecule has 0 radical (unpaired) electrons. The minimum atomic E-state index is 0.0959. The Morgan fingerprint density at radius 3 is 2.64 bits per heavy atom. The molecule has 1 aromatic carbocycles. The van der Waals surface area contributed by atoms with Crippen LogP contribution in [0.25, 0.3) is 22.3 Å². The van der Waals surface area contributed by atoms with Gasteiger partial charge < -0.3 is 19.1 Å². The van der Waals surface area contributed by atoms with Crippen molar-refractivity contribution in [3.63, 3.8) is 0 Å². The van der Waals surface area contributed by atoms with Crippen LogP contribution in [0.4, 0.5) is 5.82 Å². The molecule has 0 spiro atoms. The molecule has 1 saturated heterocycles. The monoisotopic (exact) mass is 383 g/mol. The number of nitrogens with zero attached hydrogens (tertiary/aromatic N) is 4. The summed E-state index contributed by atoms with van der Waals surface area (Å²) in [5.74, 6) is 1.66. The molecule has 1 fully saturated rings. The van der Waals surface area contributed by atoms with Crippen LogP contribution in [0, 0.1) is 6.92 Å². The Kier molecular flexibility index (Phi) is 5.04. The number of rotatable bonds is 5. The van der Waals surface area contributed by atoms with Crippen molar-refractivity contribution in [2.45, 2.75) is 26.9 Å². The molecule has 8 heteroatoms. The average Bonchev–Trinajstić information content (AvgIpc) is 3.10. The van der Waals surface area contributed by atoms with Gasteiger partial charge in [0.1, 0.15) is 23.0 Å². The molecular weight excluding hydrogens is 358 g/mol. The summed E-state index contributed by atoms with van der Waals surface area (Å²) in [7, 11) is 1.57. The quantitative estimate of drug-likeness (QED) is 0.725. The third-order valence-corrected chi connectivity index (χ3v) is 4.67. The predicted octanol–water partition coefficient (Wildman–Crippen LogP) is 2.96. The van der Waals surface area contributed by atoms with E-state index in [4.69, 9.17) is 14.2 Å². The summed E-state index contributed by atoms with van der Waals surface area (Å²) < 4.78 is 16.8. The van der Waals surface area contributed by atoms with Crippen LogP contribution in [0.2, 0.25) is 0 Å². The van der Waals surface area contributed by atoms with Crippen LogP contribution in [0.3, 0.4) is 0 Å². The number of nitrogens with one attached hydrogen (secondary N) is 1. The molecule has 0 aliphatic carbocycles. The zero-order chi connectivity index (χ0) is 19.7. The van der Waals surface area contributed by atoms with Crippen LogP contribution >= 0.6 is 0 Å². The first-order valence-electron chi connectivity index (χ1n) is 9.46. The zero-order valence-corrected chi connectivity index (χ0v) is 16.7. The molecule has 0 atom stereocenters. The van der Waals surface area contributed by atoms with Gasteiger partial charge in [0, 0.05) is 24.5 Å². The Bertz CT molecular complexity index is 979. The Balaban J connectivity index is 1.80. The fraction of sp³-hybridized carbons (Fsp3) is 0.450. The number of methoxy groups -OCH3 is 1. The van der Waals surface area contributed by atoms with Gasteiger partial charge in [0.15, 0.2) is 0 Å². The fourth-order valence-corrected chi connectivity index (χ4v) is 3.31. The van der Waals surface area contributed by atoms with Crippen molar-refractivity contribution >= 4 is 16.7 Å². The zero-order valence-electron chi connectivity index (χ0n) is 16.7. The van der Waals surface area contributed by atoms with Gasteiger partial charge in [0.25, 0.3) is 0 Å². The highest BCUT2D eigenvalue weighted by Gasteiger charge is 2.19. The van der Waals surface area contributed by atoms with Gasteiger partial charge in [-0.3, -0.25) is 5.10 Å². The molecule has 148 valence electrons. The van der Waals surface area contributed by atoms with E-state index in [2.05, 4.69) is 25.1 Å². The number of hydrogen-bond donors (Lipinski definition) is 1. The summed E-state index contributed by atoms with van der Waals surface area (Å²) >= 11 is 0. The molecule has 8 nitrogen and oxygen atoms in total. The normalized spacial score (nSPS) is 14.7. The second-order valence-corrected chi connectivity index (χ2v) is 7.10. The number of hydrogen-bond acceptors (Lipinski definition) is 7. The third kappa shape index (κ3) is 3.60. The van der Waals surface area contributed by atoms with Crippen LogP contribution in [0.1, 0.15) is 19.4 Å². The van der Waals surface area contributed by atoms with E-state index in [0.29, 0.717) is 24.9 Å². The standard InChI is InChI=1S/C20H25N5O3/c1-12(2)28-17-10-14-15(9-13(17)3)23-24-19(14)16-11-18(22-20(21-16)26-4)25-5-7-27-8-6-25/h9-12H,5-8H2,1-4H3,(H,23,24). The van der Waals surface area contributed by atoms with E-state index < -0.39 is 0 Å². The number of fused-ring (bicyclic) bond motifs is 1. The number of H-pyrrole nitrogens is 1. The number of benzene rings is 1. The van der Waals surface area contributed by atoms with Crippen molar-refractivity contribution in [2.75, 3.05) is 38.3 Å². The van der Waals surface area contributed by atoms with Crippen LogP contribution in [-0.2, 0) is 4.74 Å². The van der Waals surface area contributed by atoms with Crippen molar-refractivity contribution in [1.29, 1.82) is 0 Å². The Morgan fingerprint density at radius 1 is 1.14 bits per heavy atom. The molecule has 1 N–H and O–H groups in total. The van der Waals surface area contributed by atoms with E-state index in [1.165, 1.54) is 0 Å². The van der Waals surface area contributed by atoms with Gasteiger partial charge in [-0.05, 0) is 38.5 Å². The first kappa shape index (κ1) is 18.5. The predicted molar refractivity (Wildman–Crippen MR) is 107 cm³/mol. The molecule has 3 aromatic rings. The van der Waals surface area contributed by atoms with Crippen molar-refractivity contribution in [3.05, 3.63) is 23.8 Å². The van der Waals surface area contributed by atoms with E-state index in [1.807, 2.05) is 39.0 Å². The van der Waals surface area contributed by atoms with Crippen LogP contribution in [-0.4, -0.2) is 59.7 Å². The Morgan fingerprint density at radius 2 is 1.93 bits per heavy atom. The van der Waals surface area contributed by atoms with Crippen LogP contribution in [0.15, 0.2) is 18.2 Å². The maximum atomic E-state index is 5.96. The summed E-state index contributed by atoms with van der Waals surface area (Å²) in [4.78, 5) is 11.2.